The Kier molecular flexibility index (Phi) is 5.43. The zero-order chi connectivity index (χ0) is 19.4. The van der Waals surface area contributed by atoms with Crippen molar-refractivity contribution in [3.05, 3.63) is 53.6 Å². The first-order chi connectivity index (χ1) is 12.8. The molecule has 1 aliphatic rings. The van der Waals surface area contributed by atoms with Crippen molar-refractivity contribution in [1.82, 2.24) is 5.43 Å². The zero-order valence-electron chi connectivity index (χ0n) is 13.9. The Balaban J connectivity index is 1.69. The van der Waals surface area contributed by atoms with Gasteiger partial charge >= 0.3 is 0 Å². The number of nitrogens with zero attached hydrogens (tertiary/aromatic N) is 1. The number of hydrogen-bond donors (Lipinski definition) is 3. The molecule has 0 saturated heterocycles. The van der Waals surface area contributed by atoms with Crippen molar-refractivity contribution < 1.29 is 18.0 Å². The van der Waals surface area contributed by atoms with Crippen LogP contribution in [0, 0.1) is 0 Å². The van der Waals surface area contributed by atoms with Gasteiger partial charge in [0.05, 0.1) is 10.6 Å². The van der Waals surface area contributed by atoms with Crippen LogP contribution < -0.4 is 15.5 Å². The van der Waals surface area contributed by atoms with Crippen molar-refractivity contribution in [1.29, 1.82) is 0 Å². The summed E-state index contributed by atoms with van der Waals surface area (Å²) in [7, 11) is -3.79. The van der Waals surface area contributed by atoms with Crippen molar-refractivity contribution in [3.63, 3.8) is 0 Å². The van der Waals surface area contributed by atoms with Crippen LogP contribution in [0.1, 0.15) is 12.8 Å². The van der Waals surface area contributed by atoms with Gasteiger partial charge in [0, 0.05) is 23.6 Å². The monoisotopic (exact) mass is 406 g/mol. The summed E-state index contributed by atoms with van der Waals surface area (Å²) in [5, 5.41) is 6.73. The fourth-order valence-corrected chi connectivity index (χ4v) is 3.56. The van der Waals surface area contributed by atoms with Crippen molar-refractivity contribution in [3.8, 4) is 0 Å². The first-order valence-electron chi connectivity index (χ1n) is 7.89. The molecular weight excluding hydrogens is 392 g/mol. The van der Waals surface area contributed by atoms with Crippen molar-refractivity contribution in [2.24, 2.45) is 5.10 Å². The predicted molar refractivity (Wildman–Crippen MR) is 102 cm³/mol. The van der Waals surface area contributed by atoms with Gasteiger partial charge in [-0.25, -0.2) is 13.8 Å². The van der Waals surface area contributed by atoms with Crippen LogP contribution in [0.5, 0.6) is 0 Å². The summed E-state index contributed by atoms with van der Waals surface area (Å²) < 4.78 is 27.3. The molecule has 3 N–H and O–H groups in total. The number of hydrazone groups is 1. The highest BCUT2D eigenvalue weighted by atomic mass is 35.5. The van der Waals surface area contributed by atoms with Gasteiger partial charge in [0.2, 0.25) is 5.91 Å². The van der Waals surface area contributed by atoms with E-state index < -0.39 is 15.9 Å². The molecule has 0 spiro atoms. The second kappa shape index (κ2) is 7.77. The van der Waals surface area contributed by atoms with Gasteiger partial charge in [0.15, 0.2) is 0 Å². The molecule has 0 atom stereocenters. The number of carbonyl (C=O) groups is 2. The van der Waals surface area contributed by atoms with Gasteiger partial charge in [-0.1, -0.05) is 17.7 Å². The maximum atomic E-state index is 12.4. The Hall–Kier alpha value is -2.91. The van der Waals surface area contributed by atoms with Crippen molar-refractivity contribution in [2.45, 2.75) is 17.7 Å². The molecule has 1 heterocycles. The average Bonchev–Trinajstić information content (AvgIpc) is 2.62. The molecule has 2 amide bonds. The van der Waals surface area contributed by atoms with E-state index in [1.54, 1.807) is 18.2 Å². The Bertz CT molecular complexity index is 1020. The predicted octanol–water partition coefficient (Wildman–Crippen LogP) is 2.35. The molecule has 2 aromatic carbocycles. The van der Waals surface area contributed by atoms with Crippen LogP contribution >= 0.6 is 11.6 Å². The molecule has 10 heteroatoms. The van der Waals surface area contributed by atoms with Crippen molar-refractivity contribution in [2.75, 3.05) is 10.0 Å². The number of amides is 2. The lowest BCUT2D eigenvalue weighted by Crippen LogP contribution is -2.32. The minimum atomic E-state index is -3.79. The summed E-state index contributed by atoms with van der Waals surface area (Å²) in [5.41, 5.74) is 3.20. The summed E-state index contributed by atoms with van der Waals surface area (Å²) in [5.74, 6) is -0.698. The first-order valence-corrected chi connectivity index (χ1v) is 9.75. The van der Waals surface area contributed by atoms with Crippen LogP contribution in [0.4, 0.5) is 11.4 Å². The molecule has 0 unspecified atom stereocenters. The summed E-state index contributed by atoms with van der Waals surface area (Å²) in [4.78, 5) is 23.2. The fraction of sp³-hybridized carbons (Fsp3) is 0.118. The van der Waals surface area contributed by atoms with Gasteiger partial charge in [-0.05, 0) is 42.5 Å². The molecule has 140 valence electrons. The van der Waals surface area contributed by atoms with Crippen LogP contribution in [0.3, 0.4) is 0 Å². The van der Waals surface area contributed by atoms with E-state index in [4.69, 9.17) is 11.6 Å². The molecule has 0 fully saturated rings. The van der Waals surface area contributed by atoms with E-state index in [0.29, 0.717) is 16.4 Å². The molecular formula is C17H15ClN4O4S. The number of carbonyl (C=O) groups excluding carboxylic acids is 2. The highest BCUT2D eigenvalue weighted by molar-refractivity contribution is 7.92. The van der Waals surface area contributed by atoms with Crippen LogP contribution in [-0.2, 0) is 19.6 Å². The quantitative estimate of drug-likeness (QED) is 0.706. The third-order valence-electron chi connectivity index (χ3n) is 3.67. The molecule has 3 rings (SSSR count). The van der Waals surface area contributed by atoms with Crippen LogP contribution in [0.25, 0.3) is 0 Å². The molecule has 0 aromatic heterocycles. The second-order valence-corrected chi connectivity index (χ2v) is 7.81. The summed E-state index contributed by atoms with van der Waals surface area (Å²) in [6.45, 7) is 0. The Morgan fingerprint density at radius 1 is 1.07 bits per heavy atom. The number of sulfonamides is 1. The molecule has 0 radical (unpaired) electrons. The standard InChI is InChI=1S/C17H15ClN4O4S/c18-11-2-1-3-13(10-11)22-27(25,26)14-6-4-12(5-7-14)19-17(24)15-8-9-16(23)21-20-15/h1-7,10,22H,8-9H2,(H,19,24)(H,21,23). The minimum absolute atomic E-state index is 0.0303. The Morgan fingerprint density at radius 2 is 1.81 bits per heavy atom. The SMILES string of the molecule is O=C1CCC(C(=O)Nc2ccc(S(=O)(=O)Nc3cccc(Cl)c3)cc2)=NN1. The highest BCUT2D eigenvalue weighted by Gasteiger charge is 2.19. The van der Waals surface area contributed by atoms with E-state index in [9.17, 15) is 18.0 Å². The van der Waals surface area contributed by atoms with Crippen LogP contribution in [-0.4, -0.2) is 25.9 Å². The number of benzene rings is 2. The number of halogens is 1. The maximum absolute atomic E-state index is 12.4. The zero-order valence-corrected chi connectivity index (χ0v) is 15.5. The van der Waals surface area contributed by atoms with Gasteiger partial charge in [-0.2, -0.15) is 5.10 Å². The second-order valence-electron chi connectivity index (χ2n) is 5.69. The van der Waals surface area contributed by atoms with Crippen LogP contribution in [0.15, 0.2) is 58.5 Å². The van der Waals surface area contributed by atoms with Gasteiger partial charge in [0.1, 0.15) is 5.71 Å². The topological polar surface area (TPSA) is 117 Å². The number of rotatable bonds is 5. The molecule has 2 aromatic rings. The molecule has 0 aliphatic carbocycles. The van der Waals surface area contributed by atoms with E-state index >= 15 is 0 Å². The number of nitrogens with one attached hydrogen (secondary N) is 3. The highest BCUT2D eigenvalue weighted by Crippen LogP contribution is 2.20. The van der Waals surface area contributed by atoms with E-state index in [1.165, 1.54) is 30.3 Å². The summed E-state index contributed by atoms with van der Waals surface area (Å²) in [6.07, 6.45) is 0.437. The van der Waals surface area contributed by atoms with E-state index in [0.717, 1.165) is 0 Å². The smallest absolute Gasteiger partial charge is 0.271 e. The minimum Gasteiger partial charge on any atom is -0.321 e. The number of hydrogen-bond acceptors (Lipinski definition) is 5. The largest absolute Gasteiger partial charge is 0.321 e. The summed E-state index contributed by atoms with van der Waals surface area (Å²) in [6, 6.07) is 12.0. The number of anilines is 2. The van der Waals surface area contributed by atoms with E-state index in [-0.39, 0.29) is 29.4 Å². The van der Waals surface area contributed by atoms with Gasteiger partial charge in [-0.15, -0.1) is 0 Å². The first kappa shape index (κ1) is 18.9. The van der Waals surface area contributed by atoms with Gasteiger partial charge in [-0.3, -0.25) is 14.3 Å². The molecule has 8 nitrogen and oxygen atoms in total. The lowest BCUT2D eigenvalue weighted by atomic mass is 10.1. The fourth-order valence-electron chi connectivity index (χ4n) is 2.32. The maximum Gasteiger partial charge on any atom is 0.271 e. The lowest BCUT2D eigenvalue weighted by Gasteiger charge is -2.12. The molecule has 27 heavy (non-hydrogen) atoms. The van der Waals surface area contributed by atoms with Gasteiger partial charge in [0.25, 0.3) is 15.9 Å². The molecule has 0 saturated carbocycles. The van der Waals surface area contributed by atoms with E-state index in [1.807, 2.05) is 0 Å². The van der Waals surface area contributed by atoms with Crippen molar-refractivity contribution >= 4 is 50.5 Å². The Morgan fingerprint density at radius 3 is 2.44 bits per heavy atom. The summed E-state index contributed by atoms with van der Waals surface area (Å²) >= 11 is 5.85. The lowest BCUT2D eigenvalue weighted by molar-refractivity contribution is -0.121. The van der Waals surface area contributed by atoms with E-state index in [2.05, 4.69) is 20.6 Å². The molecule has 1 aliphatic heterocycles. The third kappa shape index (κ3) is 4.83. The normalized spacial score (nSPS) is 14.1. The Labute approximate surface area is 160 Å². The average molecular weight is 407 g/mol. The third-order valence-corrected chi connectivity index (χ3v) is 5.30. The van der Waals surface area contributed by atoms with Gasteiger partial charge < -0.3 is 5.32 Å². The molecule has 0 bridgehead atoms. The van der Waals surface area contributed by atoms with Crippen LogP contribution in [0.2, 0.25) is 5.02 Å².